The standard InChI is InChI=1S/C16H23N5/c1-21(2)15-13-8-3-4-9-14(13)19-16(20-15)18-12-7-5-6-11(17)10-12/h3-4,8-9,11-12H,5-7,10,17H2,1-2H3,(H,18,19,20)/t11-,12-/m1/s1. The zero-order valence-corrected chi connectivity index (χ0v) is 12.7. The molecule has 1 saturated carbocycles. The van der Waals surface area contributed by atoms with Gasteiger partial charge in [-0.25, -0.2) is 4.98 Å². The van der Waals surface area contributed by atoms with E-state index in [2.05, 4.69) is 21.4 Å². The number of nitrogens with two attached hydrogens (primary N) is 1. The van der Waals surface area contributed by atoms with Crippen LogP contribution in [0.4, 0.5) is 11.8 Å². The van der Waals surface area contributed by atoms with Crippen LogP contribution in [0.25, 0.3) is 10.9 Å². The molecule has 0 amide bonds. The number of para-hydroxylation sites is 1. The number of nitrogens with zero attached hydrogens (tertiary/aromatic N) is 3. The maximum absolute atomic E-state index is 6.06. The highest BCUT2D eigenvalue weighted by atomic mass is 15.2. The van der Waals surface area contributed by atoms with Crippen molar-refractivity contribution in [3.8, 4) is 0 Å². The second kappa shape index (κ2) is 5.85. The van der Waals surface area contributed by atoms with E-state index in [-0.39, 0.29) is 0 Å². The summed E-state index contributed by atoms with van der Waals surface area (Å²) < 4.78 is 0. The predicted octanol–water partition coefficient (Wildman–Crippen LogP) is 2.38. The Kier molecular flexibility index (Phi) is 3.92. The minimum atomic E-state index is 0.296. The molecule has 112 valence electrons. The summed E-state index contributed by atoms with van der Waals surface area (Å²) >= 11 is 0. The summed E-state index contributed by atoms with van der Waals surface area (Å²) in [5.41, 5.74) is 7.03. The molecule has 3 N–H and O–H groups in total. The van der Waals surface area contributed by atoms with E-state index in [0.29, 0.717) is 18.0 Å². The second-order valence-electron chi connectivity index (χ2n) is 6.05. The largest absolute Gasteiger partial charge is 0.362 e. The Morgan fingerprint density at radius 2 is 2.00 bits per heavy atom. The molecule has 3 rings (SSSR count). The van der Waals surface area contributed by atoms with Gasteiger partial charge in [0.05, 0.1) is 5.52 Å². The molecule has 0 saturated heterocycles. The number of rotatable bonds is 3. The van der Waals surface area contributed by atoms with Crippen molar-refractivity contribution in [3.63, 3.8) is 0 Å². The average molecular weight is 285 g/mol. The highest BCUT2D eigenvalue weighted by Gasteiger charge is 2.20. The van der Waals surface area contributed by atoms with Crippen LogP contribution in [0.15, 0.2) is 24.3 Å². The van der Waals surface area contributed by atoms with Gasteiger partial charge in [-0.1, -0.05) is 12.1 Å². The maximum Gasteiger partial charge on any atom is 0.225 e. The second-order valence-corrected chi connectivity index (χ2v) is 6.05. The fourth-order valence-corrected chi connectivity index (χ4v) is 3.01. The molecule has 1 aromatic carbocycles. The van der Waals surface area contributed by atoms with Gasteiger partial charge in [-0.2, -0.15) is 4.98 Å². The normalized spacial score (nSPS) is 22.2. The van der Waals surface area contributed by atoms with Crippen LogP contribution in [0.3, 0.4) is 0 Å². The quantitative estimate of drug-likeness (QED) is 0.906. The van der Waals surface area contributed by atoms with E-state index in [0.717, 1.165) is 36.0 Å². The Balaban J connectivity index is 1.91. The molecule has 1 fully saturated rings. The zero-order valence-electron chi connectivity index (χ0n) is 12.7. The summed E-state index contributed by atoms with van der Waals surface area (Å²) in [6.45, 7) is 0. The molecule has 0 radical (unpaired) electrons. The van der Waals surface area contributed by atoms with Gasteiger partial charge in [0.1, 0.15) is 5.82 Å². The van der Waals surface area contributed by atoms with Crippen molar-refractivity contribution in [3.05, 3.63) is 24.3 Å². The first kappa shape index (κ1) is 14.1. The summed E-state index contributed by atoms with van der Waals surface area (Å²) in [4.78, 5) is 11.4. The summed E-state index contributed by atoms with van der Waals surface area (Å²) in [6, 6.07) is 8.79. The SMILES string of the molecule is CN(C)c1nc(N[C@@H]2CCC[C@@H](N)C2)nc2ccccc12. The molecule has 0 spiro atoms. The van der Waals surface area contributed by atoms with Gasteiger partial charge < -0.3 is 16.0 Å². The Labute approximate surface area is 125 Å². The highest BCUT2D eigenvalue weighted by molar-refractivity contribution is 5.90. The third-order valence-corrected chi connectivity index (χ3v) is 4.05. The van der Waals surface area contributed by atoms with E-state index in [1.807, 2.05) is 37.2 Å². The van der Waals surface area contributed by atoms with E-state index in [9.17, 15) is 0 Å². The van der Waals surface area contributed by atoms with Gasteiger partial charge in [0, 0.05) is 31.6 Å². The Morgan fingerprint density at radius 1 is 1.19 bits per heavy atom. The van der Waals surface area contributed by atoms with Crippen LogP contribution >= 0.6 is 0 Å². The molecule has 0 bridgehead atoms. The van der Waals surface area contributed by atoms with Gasteiger partial charge >= 0.3 is 0 Å². The zero-order chi connectivity index (χ0) is 14.8. The monoisotopic (exact) mass is 285 g/mol. The molecule has 1 aliphatic carbocycles. The van der Waals surface area contributed by atoms with Crippen LogP contribution in [0.5, 0.6) is 0 Å². The summed E-state index contributed by atoms with van der Waals surface area (Å²) in [5.74, 6) is 1.65. The van der Waals surface area contributed by atoms with E-state index in [4.69, 9.17) is 5.73 Å². The summed E-state index contributed by atoms with van der Waals surface area (Å²) in [5, 5.41) is 4.55. The van der Waals surface area contributed by atoms with Crippen molar-refractivity contribution in [2.45, 2.75) is 37.8 Å². The number of hydrogen-bond donors (Lipinski definition) is 2. The summed E-state index contributed by atoms with van der Waals surface area (Å²) in [6.07, 6.45) is 4.43. The van der Waals surface area contributed by atoms with Gasteiger partial charge in [-0.15, -0.1) is 0 Å². The molecular formula is C16H23N5. The lowest BCUT2D eigenvalue weighted by Gasteiger charge is -2.27. The number of anilines is 2. The van der Waals surface area contributed by atoms with E-state index in [1.165, 1.54) is 6.42 Å². The van der Waals surface area contributed by atoms with Crippen molar-refractivity contribution in [2.24, 2.45) is 5.73 Å². The molecule has 0 aliphatic heterocycles. The van der Waals surface area contributed by atoms with Crippen LogP contribution in [0.2, 0.25) is 0 Å². The first-order valence-corrected chi connectivity index (χ1v) is 7.59. The van der Waals surface area contributed by atoms with Crippen LogP contribution in [-0.4, -0.2) is 36.1 Å². The lowest BCUT2D eigenvalue weighted by Crippen LogP contribution is -2.35. The van der Waals surface area contributed by atoms with Crippen molar-refractivity contribution in [2.75, 3.05) is 24.3 Å². The minimum Gasteiger partial charge on any atom is -0.362 e. The average Bonchev–Trinajstić information content (AvgIpc) is 2.46. The molecule has 1 heterocycles. The van der Waals surface area contributed by atoms with Crippen LogP contribution in [0, 0.1) is 0 Å². The number of benzene rings is 1. The van der Waals surface area contributed by atoms with Gasteiger partial charge in [0.25, 0.3) is 0 Å². The molecule has 2 atom stereocenters. The molecule has 5 nitrogen and oxygen atoms in total. The molecule has 2 aromatic rings. The first-order valence-electron chi connectivity index (χ1n) is 7.59. The van der Waals surface area contributed by atoms with Crippen molar-refractivity contribution in [1.82, 2.24) is 9.97 Å². The Morgan fingerprint density at radius 3 is 2.76 bits per heavy atom. The lowest BCUT2D eigenvalue weighted by molar-refractivity contribution is 0.408. The molecule has 5 heteroatoms. The van der Waals surface area contributed by atoms with Gasteiger partial charge in [0.2, 0.25) is 5.95 Å². The smallest absolute Gasteiger partial charge is 0.225 e. The molecule has 0 unspecified atom stereocenters. The molecule has 1 aromatic heterocycles. The Hall–Kier alpha value is -1.88. The fourth-order valence-electron chi connectivity index (χ4n) is 3.01. The van der Waals surface area contributed by atoms with Crippen LogP contribution in [-0.2, 0) is 0 Å². The van der Waals surface area contributed by atoms with E-state index in [1.54, 1.807) is 0 Å². The fraction of sp³-hybridized carbons (Fsp3) is 0.500. The van der Waals surface area contributed by atoms with E-state index < -0.39 is 0 Å². The Bertz CT molecular complexity index is 625. The molecular weight excluding hydrogens is 262 g/mol. The number of hydrogen-bond acceptors (Lipinski definition) is 5. The van der Waals surface area contributed by atoms with Crippen LogP contribution < -0.4 is 16.0 Å². The number of fused-ring (bicyclic) bond motifs is 1. The number of nitrogens with one attached hydrogen (secondary N) is 1. The van der Waals surface area contributed by atoms with Crippen LogP contribution in [0.1, 0.15) is 25.7 Å². The lowest BCUT2D eigenvalue weighted by atomic mass is 9.92. The van der Waals surface area contributed by atoms with Gasteiger partial charge in [-0.05, 0) is 37.8 Å². The number of aromatic nitrogens is 2. The van der Waals surface area contributed by atoms with Crippen molar-refractivity contribution in [1.29, 1.82) is 0 Å². The third kappa shape index (κ3) is 3.08. The van der Waals surface area contributed by atoms with E-state index >= 15 is 0 Å². The van der Waals surface area contributed by atoms with Gasteiger partial charge in [0.15, 0.2) is 0 Å². The predicted molar refractivity (Wildman–Crippen MR) is 87.7 cm³/mol. The maximum atomic E-state index is 6.06. The first-order chi connectivity index (χ1) is 10.1. The van der Waals surface area contributed by atoms with Crippen molar-refractivity contribution < 1.29 is 0 Å². The third-order valence-electron chi connectivity index (χ3n) is 4.05. The molecule has 21 heavy (non-hydrogen) atoms. The highest BCUT2D eigenvalue weighted by Crippen LogP contribution is 2.25. The topological polar surface area (TPSA) is 67.1 Å². The molecule has 1 aliphatic rings. The minimum absolute atomic E-state index is 0.296. The van der Waals surface area contributed by atoms with Crippen molar-refractivity contribution >= 4 is 22.7 Å². The van der Waals surface area contributed by atoms with Gasteiger partial charge in [-0.3, -0.25) is 0 Å². The summed E-state index contributed by atoms with van der Waals surface area (Å²) in [7, 11) is 4.02.